The molecule has 0 saturated carbocycles. The van der Waals surface area contributed by atoms with Gasteiger partial charge in [0.1, 0.15) is 10.8 Å². The van der Waals surface area contributed by atoms with E-state index in [4.69, 9.17) is 33.0 Å². The molecule has 0 aliphatic carbocycles. The molecule has 1 aromatic rings. The number of aliphatic carboxylic acids is 1. The smallest absolute Gasteiger partial charge is 0.303 e. The maximum Gasteiger partial charge on any atom is 0.303 e. The van der Waals surface area contributed by atoms with Gasteiger partial charge in [-0.05, 0) is 30.9 Å². The third-order valence-corrected chi connectivity index (χ3v) is 3.62. The predicted octanol–water partition coefficient (Wildman–Crippen LogP) is 4.58. The van der Waals surface area contributed by atoms with Gasteiger partial charge in [-0.2, -0.15) is 0 Å². The lowest BCUT2D eigenvalue weighted by Crippen LogP contribution is -2.02. The Kier molecular flexibility index (Phi) is 7.03. The number of halogens is 2. The first-order chi connectivity index (χ1) is 9.06. The van der Waals surface area contributed by atoms with Crippen molar-refractivity contribution < 1.29 is 14.6 Å². The molecule has 0 aliphatic heterocycles. The van der Waals surface area contributed by atoms with Crippen LogP contribution in [-0.4, -0.2) is 17.7 Å². The molecule has 106 valence electrons. The third kappa shape index (κ3) is 5.29. The van der Waals surface area contributed by atoms with Crippen molar-refractivity contribution in [2.75, 3.05) is 6.61 Å². The Hall–Kier alpha value is -0.930. The van der Waals surface area contributed by atoms with E-state index in [0.717, 1.165) is 24.8 Å². The van der Waals surface area contributed by atoms with Crippen LogP contribution < -0.4 is 4.74 Å². The van der Waals surface area contributed by atoms with Crippen molar-refractivity contribution in [2.45, 2.75) is 39.0 Å². The summed E-state index contributed by atoms with van der Waals surface area (Å²) in [4.78, 5) is 10.4. The molecule has 0 atom stereocenters. The van der Waals surface area contributed by atoms with Crippen LogP contribution in [0.5, 0.6) is 5.75 Å². The highest BCUT2D eigenvalue weighted by Gasteiger charge is 2.11. The molecule has 0 spiro atoms. The second-order valence-electron chi connectivity index (χ2n) is 4.30. The molecule has 0 aromatic heterocycles. The summed E-state index contributed by atoms with van der Waals surface area (Å²) in [5.41, 5.74) is 1.02. The molecular weight excluding hydrogens is 287 g/mol. The molecule has 0 unspecified atom stereocenters. The topological polar surface area (TPSA) is 46.5 Å². The van der Waals surface area contributed by atoms with Crippen LogP contribution in [0.1, 0.15) is 38.2 Å². The van der Waals surface area contributed by atoms with Crippen LogP contribution in [0, 0.1) is 0 Å². The van der Waals surface area contributed by atoms with Crippen molar-refractivity contribution in [2.24, 2.45) is 0 Å². The van der Waals surface area contributed by atoms with E-state index in [1.807, 2.05) is 6.07 Å². The van der Waals surface area contributed by atoms with Crippen LogP contribution >= 0.6 is 23.2 Å². The molecule has 0 saturated heterocycles. The van der Waals surface area contributed by atoms with Gasteiger partial charge in [0.25, 0.3) is 0 Å². The molecule has 1 rings (SSSR count). The van der Waals surface area contributed by atoms with Gasteiger partial charge in [0.05, 0.1) is 11.6 Å². The fraction of sp³-hybridized carbons (Fsp3) is 0.500. The summed E-state index contributed by atoms with van der Waals surface area (Å²) in [6.07, 6.45) is 3.59. The van der Waals surface area contributed by atoms with Gasteiger partial charge < -0.3 is 9.84 Å². The molecule has 0 heterocycles. The van der Waals surface area contributed by atoms with Gasteiger partial charge in [0.15, 0.2) is 0 Å². The highest BCUT2D eigenvalue weighted by Crippen LogP contribution is 2.35. The van der Waals surface area contributed by atoms with Gasteiger partial charge >= 0.3 is 5.97 Å². The molecule has 0 radical (unpaired) electrons. The maximum absolute atomic E-state index is 10.4. The average molecular weight is 305 g/mol. The molecule has 0 amide bonds. The molecule has 5 heteroatoms. The van der Waals surface area contributed by atoms with Gasteiger partial charge in [0.2, 0.25) is 0 Å². The highest BCUT2D eigenvalue weighted by molar-refractivity contribution is 6.43. The van der Waals surface area contributed by atoms with Crippen molar-refractivity contribution in [3.63, 3.8) is 0 Å². The second-order valence-corrected chi connectivity index (χ2v) is 5.06. The Bertz CT molecular complexity index is 433. The predicted molar refractivity (Wildman–Crippen MR) is 77.4 cm³/mol. The van der Waals surface area contributed by atoms with E-state index in [9.17, 15) is 4.79 Å². The number of hydrogen-bond acceptors (Lipinski definition) is 2. The van der Waals surface area contributed by atoms with E-state index in [1.165, 1.54) is 0 Å². The van der Waals surface area contributed by atoms with Gasteiger partial charge in [0, 0.05) is 6.42 Å². The minimum atomic E-state index is -0.831. The standard InChI is InChI=1S/C14H18Cl2O3/c1-2-3-5-10-7-8-11(14(16)13(10)15)19-9-4-6-12(17)18/h7-8H,2-6,9H2,1H3,(H,17,18). The zero-order valence-electron chi connectivity index (χ0n) is 10.9. The van der Waals surface area contributed by atoms with E-state index < -0.39 is 5.97 Å². The number of rotatable bonds is 8. The summed E-state index contributed by atoms with van der Waals surface area (Å²) < 4.78 is 5.45. The number of unbranched alkanes of at least 4 members (excludes halogenated alkanes) is 1. The summed E-state index contributed by atoms with van der Waals surface area (Å²) in [5.74, 6) is -0.319. The minimum absolute atomic E-state index is 0.0833. The quantitative estimate of drug-likeness (QED) is 0.715. The Morgan fingerprint density at radius 1 is 1.26 bits per heavy atom. The summed E-state index contributed by atoms with van der Waals surface area (Å²) in [5, 5.41) is 9.47. The summed E-state index contributed by atoms with van der Waals surface area (Å²) in [6, 6.07) is 3.70. The largest absolute Gasteiger partial charge is 0.492 e. The van der Waals surface area contributed by atoms with Crippen molar-refractivity contribution in [3.05, 3.63) is 27.7 Å². The zero-order valence-corrected chi connectivity index (χ0v) is 12.4. The molecule has 0 fully saturated rings. The second kappa shape index (κ2) is 8.28. The van der Waals surface area contributed by atoms with Crippen molar-refractivity contribution >= 4 is 29.2 Å². The SMILES string of the molecule is CCCCc1ccc(OCCCC(=O)O)c(Cl)c1Cl. The van der Waals surface area contributed by atoms with E-state index >= 15 is 0 Å². The van der Waals surface area contributed by atoms with Crippen LogP contribution in [0.3, 0.4) is 0 Å². The fourth-order valence-electron chi connectivity index (χ4n) is 1.65. The molecular formula is C14H18Cl2O3. The number of aryl methyl sites for hydroxylation is 1. The number of hydrogen-bond donors (Lipinski definition) is 1. The van der Waals surface area contributed by atoms with Crippen LogP contribution in [0.15, 0.2) is 12.1 Å². The number of benzene rings is 1. The Morgan fingerprint density at radius 3 is 2.63 bits per heavy atom. The first-order valence-electron chi connectivity index (χ1n) is 6.37. The first kappa shape index (κ1) is 16.1. The summed E-state index contributed by atoms with van der Waals surface area (Å²) in [6.45, 7) is 2.44. The van der Waals surface area contributed by atoms with Gasteiger partial charge in [-0.3, -0.25) is 4.79 Å². The van der Waals surface area contributed by atoms with Gasteiger partial charge in [-0.25, -0.2) is 0 Å². The summed E-state index contributed by atoms with van der Waals surface area (Å²) in [7, 11) is 0. The Balaban J connectivity index is 2.60. The normalized spacial score (nSPS) is 10.5. The number of carboxylic acid groups (broad SMARTS) is 1. The van der Waals surface area contributed by atoms with Crippen LogP contribution in [0.25, 0.3) is 0 Å². The minimum Gasteiger partial charge on any atom is -0.492 e. The van der Waals surface area contributed by atoms with E-state index in [2.05, 4.69) is 6.92 Å². The Morgan fingerprint density at radius 2 is 2.00 bits per heavy atom. The van der Waals surface area contributed by atoms with Crippen LogP contribution in [-0.2, 0) is 11.2 Å². The number of ether oxygens (including phenoxy) is 1. The fourth-order valence-corrected chi connectivity index (χ4v) is 2.14. The molecule has 0 aliphatic rings. The maximum atomic E-state index is 10.4. The highest BCUT2D eigenvalue weighted by atomic mass is 35.5. The monoisotopic (exact) mass is 304 g/mol. The number of carbonyl (C=O) groups is 1. The van der Waals surface area contributed by atoms with Gasteiger partial charge in [-0.15, -0.1) is 0 Å². The van der Waals surface area contributed by atoms with Crippen molar-refractivity contribution in [1.29, 1.82) is 0 Å². The van der Waals surface area contributed by atoms with Crippen LogP contribution in [0.2, 0.25) is 10.0 Å². The molecule has 1 N–H and O–H groups in total. The number of carboxylic acids is 1. The third-order valence-electron chi connectivity index (χ3n) is 2.72. The molecule has 3 nitrogen and oxygen atoms in total. The van der Waals surface area contributed by atoms with E-state index in [1.54, 1.807) is 6.07 Å². The first-order valence-corrected chi connectivity index (χ1v) is 7.13. The molecule has 0 bridgehead atoms. The Labute approximate surface area is 123 Å². The lowest BCUT2D eigenvalue weighted by molar-refractivity contribution is -0.137. The molecule has 1 aromatic carbocycles. The lowest BCUT2D eigenvalue weighted by atomic mass is 10.1. The summed E-state index contributed by atoms with van der Waals surface area (Å²) >= 11 is 12.3. The molecule has 19 heavy (non-hydrogen) atoms. The van der Waals surface area contributed by atoms with E-state index in [0.29, 0.717) is 28.8 Å². The average Bonchev–Trinajstić information content (AvgIpc) is 2.38. The zero-order chi connectivity index (χ0) is 14.3. The van der Waals surface area contributed by atoms with Crippen molar-refractivity contribution in [1.82, 2.24) is 0 Å². The van der Waals surface area contributed by atoms with Crippen molar-refractivity contribution in [3.8, 4) is 5.75 Å². The van der Waals surface area contributed by atoms with Crippen LogP contribution in [0.4, 0.5) is 0 Å². The lowest BCUT2D eigenvalue weighted by Gasteiger charge is -2.11. The van der Waals surface area contributed by atoms with E-state index in [-0.39, 0.29) is 6.42 Å². The van der Waals surface area contributed by atoms with Gasteiger partial charge in [-0.1, -0.05) is 42.6 Å².